The first-order valence-electron chi connectivity index (χ1n) is 5.65. The van der Waals surface area contributed by atoms with Crippen LogP contribution in [0.25, 0.3) is 11.4 Å². The Kier molecular flexibility index (Phi) is 3.69. The standard InChI is InChI=1S/C13H14ClN3/c1-3-4-10-7-12(14)17-13(16-10)11-8-15-6-5-9(11)2/h5-8H,3-4H2,1-2H3. The molecule has 0 atom stereocenters. The molecular weight excluding hydrogens is 234 g/mol. The van der Waals surface area contributed by atoms with Crippen molar-refractivity contribution in [2.24, 2.45) is 0 Å². The van der Waals surface area contributed by atoms with E-state index in [2.05, 4.69) is 21.9 Å². The SMILES string of the molecule is CCCc1cc(Cl)nc(-c2cnccc2C)n1. The second-order valence-corrected chi connectivity index (χ2v) is 4.33. The zero-order valence-corrected chi connectivity index (χ0v) is 10.7. The minimum Gasteiger partial charge on any atom is -0.264 e. The second kappa shape index (κ2) is 5.23. The van der Waals surface area contributed by atoms with Crippen LogP contribution in [0.1, 0.15) is 24.6 Å². The molecule has 0 spiro atoms. The van der Waals surface area contributed by atoms with Crippen LogP contribution < -0.4 is 0 Å². The van der Waals surface area contributed by atoms with Gasteiger partial charge in [0.15, 0.2) is 5.82 Å². The molecule has 2 aromatic heterocycles. The molecule has 3 nitrogen and oxygen atoms in total. The van der Waals surface area contributed by atoms with Crippen molar-refractivity contribution in [1.82, 2.24) is 15.0 Å². The van der Waals surface area contributed by atoms with E-state index in [0.717, 1.165) is 29.7 Å². The summed E-state index contributed by atoms with van der Waals surface area (Å²) in [6, 6.07) is 3.76. The molecule has 2 heterocycles. The highest BCUT2D eigenvalue weighted by Gasteiger charge is 2.08. The minimum absolute atomic E-state index is 0.488. The number of aromatic nitrogens is 3. The molecule has 0 unspecified atom stereocenters. The monoisotopic (exact) mass is 247 g/mol. The van der Waals surface area contributed by atoms with Crippen molar-refractivity contribution in [2.45, 2.75) is 26.7 Å². The van der Waals surface area contributed by atoms with Gasteiger partial charge in [0.05, 0.1) is 0 Å². The lowest BCUT2D eigenvalue weighted by molar-refractivity contribution is 0.875. The number of rotatable bonds is 3. The van der Waals surface area contributed by atoms with Gasteiger partial charge in [0, 0.05) is 23.7 Å². The molecule has 0 aliphatic heterocycles. The third-order valence-electron chi connectivity index (χ3n) is 2.53. The van der Waals surface area contributed by atoms with Gasteiger partial charge in [-0.25, -0.2) is 9.97 Å². The van der Waals surface area contributed by atoms with E-state index in [9.17, 15) is 0 Å². The Hall–Kier alpha value is -1.48. The summed E-state index contributed by atoms with van der Waals surface area (Å²) >= 11 is 6.02. The van der Waals surface area contributed by atoms with Crippen molar-refractivity contribution >= 4 is 11.6 Å². The highest BCUT2D eigenvalue weighted by Crippen LogP contribution is 2.21. The summed E-state index contributed by atoms with van der Waals surface area (Å²) in [7, 11) is 0. The zero-order chi connectivity index (χ0) is 12.3. The summed E-state index contributed by atoms with van der Waals surface area (Å²) < 4.78 is 0. The summed E-state index contributed by atoms with van der Waals surface area (Å²) in [5.74, 6) is 0.659. The Labute approximate surface area is 106 Å². The average molecular weight is 248 g/mol. The normalized spacial score (nSPS) is 10.5. The number of hydrogen-bond donors (Lipinski definition) is 0. The third kappa shape index (κ3) is 2.80. The fraction of sp³-hybridized carbons (Fsp3) is 0.308. The van der Waals surface area contributed by atoms with Crippen molar-refractivity contribution < 1.29 is 0 Å². The van der Waals surface area contributed by atoms with Crippen LogP contribution in [0.15, 0.2) is 24.5 Å². The van der Waals surface area contributed by atoms with Gasteiger partial charge >= 0.3 is 0 Å². The number of halogens is 1. The van der Waals surface area contributed by atoms with Crippen molar-refractivity contribution in [3.05, 3.63) is 40.9 Å². The molecule has 0 amide bonds. The highest BCUT2D eigenvalue weighted by atomic mass is 35.5. The summed E-state index contributed by atoms with van der Waals surface area (Å²) in [6.45, 7) is 4.13. The van der Waals surface area contributed by atoms with Crippen molar-refractivity contribution in [2.75, 3.05) is 0 Å². The van der Waals surface area contributed by atoms with E-state index < -0.39 is 0 Å². The summed E-state index contributed by atoms with van der Waals surface area (Å²) in [6.07, 6.45) is 5.49. The molecule has 88 valence electrons. The summed E-state index contributed by atoms with van der Waals surface area (Å²) in [4.78, 5) is 12.9. The first-order chi connectivity index (χ1) is 8.20. The lowest BCUT2D eigenvalue weighted by atomic mass is 10.1. The van der Waals surface area contributed by atoms with Gasteiger partial charge in [0.2, 0.25) is 0 Å². The lowest BCUT2D eigenvalue weighted by Gasteiger charge is -2.06. The Morgan fingerprint density at radius 1 is 1.29 bits per heavy atom. The minimum atomic E-state index is 0.488. The van der Waals surface area contributed by atoms with E-state index in [4.69, 9.17) is 11.6 Å². The van der Waals surface area contributed by atoms with Crippen LogP contribution in [0.2, 0.25) is 5.15 Å². The largest absolute Gasteiger partial charge is 0.264 e. The van der Waals surface area contributed by atoms with E-state index in [1.165, 1.54) is 0 Å². The van der Waals surface area contributed by atoms with Crippen LogP contribution in [-0.4, -0.2) is 15.0 Å². The number of pyridine rings is 1. The predicted octanol–water partition coefficient (Wildman–Crippen LogP) is 3.45. The number of aryl methyl sites for hydroxylation is 2. The molecular formula is C13H14ClN3. The Morgan fingerprint density at radius 3 is 2.82 bits per heavy atom. The molecule has 2 rings (SSSR count). The number of hydrogen-bond acceptors (Lipinski definition) is 3. The van der Waals surface area contributed by atoms with Crippen LogP contribution in [0.3, 0.4) is 0 Å². The molecule has 0 aliphatic carbocycles. The fourth-order valence-corrected chi connectivity index (χ4v) is 1.87. The van der Waals surface area contributed by atoms with Crippen molar-refractivity contribution in [3.8, 4) is 11.4 Å². The summed E-state index contributed by atoms with van der Waals surface area (Å²) in [5.41, 5.74) is 3.02. The topological polar surface area (TPSA) is 38.7 Å². The Morgan fingerprint density at radius 2 is 2.12 bits per heavy atom. The predicted molar refractivity (Wildman–Crippen MR) is 69.0 cm³/mol. The summed E-state index contributed by atoms with van der Waals surface area (Å²) in [5, 5.41) is 0.488. The van der Waals surface area contributed by atoms with Gasteiger partial charge in [-0.15, -0.1) is 0 Å². The van der Waals surface area contributed by atoms with Crippen LogP contribution in [0.4, 0.5) is 0 Å². The first-order valence-corrected chi connectivity index (χ1v) is 6.03. The van der Waals surface area contributed by atoms with Crippen molar-refractivity contribution in [3.63, 3.8) is 0 Å². The highest BCUT2D eigenvalue weighted by molar-refractivity contribution is 6.29. The molecule has 0 radical (unpaired) electrons. The quantitative estimate of drug-likeness (QED) is 0.780. The Balaban J connectivity index is 2.48. The molecule has 0 saturated heterocycles. The zero-order valence-electron chi connectivity index (χ0n) is 9.94. The van der Waals surface area contributed by atoms with E-state index >= 15 is 0 Å². The molecule has 4 heteroatoms. The maximum Gasteiger partial charge on any atom is 0.162 e. The van der Waals surface area contributed by atoms with E-state index in [1.54, 1.807) is 12.4 Å². The molecule has 0 saturated carbocycles. The van der Waals surface area contributed by atoms with Gasteiger partial charge in [-0.05, 0) is 31.0 Å². The maximum atomic E-state index is 6.02. The van der Waals surface area contributed by atoms with Crippen LogP contribution in [-0.2, 0) is 6.42 Å². The van der Waals surface area contributed by atoms with Crippen molar-refractivity contribution in [1.29, 1.82) is 0 Å². The van der Waals surface area contributed by atoms with Crippen LogP contribution in [0.5, 0.6) is 0 Å². The molecule has 0 bridgehead atoms. The van der Waals surface area contributed by atoms with E-state index in [0.29, 0.717) is 11.0 Å². The maximum absolute atomic E-state index is 6.02. The molecule has 0 fully saturated rings. The second-order valence-electron chi connectivity index (χ2n) is 3.95. The fourth-order valence-electron chi connectivity index (χ4n) is 1.67. The third-order valence-corrected chi connectivity index (χ3v) is 2.73. The smallest absolute Gasteiger partial charge is 0.162 e. The van der Waals surface area contributed by atoms with E-state index in [1.807, 2.05) is 19.1 Å². The molecule has 0 aromatic carbocycles. The Bertz CT molecular complexity index is 526. The van der Waals surface area contributed by atoms with Gasteiger partial charge in [0.1, 0.15) is 5.15 Å². The average Bonchev–Trinajstić information content (AvgIpc) is 2.29. The molecule has 2 aromatic rings. The van der Waals surface area contributed by atoms with E-state index in [-0.39, 0.29) is 0 Å². The van der Waals surface area contributed by atoms with Gasteiger partial charge in [0.25, 0.3) is 0 Å². The van der Waals surface area contributed by atoms with Gasteiger partial charge < -0.3 is 0 Å². The first kappa shape index (κ1) is 12.0. The lowest BCUT2D eigenvalue weighted by Crippen LogP contribution is -1.97. The number of nitrogens with zero attached hydrogens (tertiary/aromatic N) is 3. The van der Waals surface area contributed by atoms with Crippen LogP contribution >= 0.6 is 11.6 Å². The molecule has 0 N–H and O–H groups in total. The van der Waals surface area contributed by atoms with Gasteiger partial charge in [-0.1, -0.05) is 24.9 Å². The van der Waals surface area contributed by atoms with Crippen LogP contribution in [0, 0.1) is 6.92 Å². The molecule has 0 aliphatic rings. The van der Waals surface area contributed by atoms with Gasteiger partial charge in [-0.2, -0.15) is 0 Å². The van der Waals surface area contributed by atoms with Gasteiger partial charge in [-0.3, -0.25) is 4.98 Å². The molecule has 17 heavy (non-hydrogen) atoms.